The highest BCUT2D eigenvalue weighted by molar-refractivity contribution is 5.74. The molecule has 0 aliphatic carbocycles. The molecule has 0 fully saturated rings. The van der Waals surface area contributed by atoms with Gasteiger partial charge in [-0.25, -0.2) is 4.79 Å². The number of likely N-dealkylation sites (N-methyl/N-ethyl adjacent to an activating group) is 1. The molecule has 142 valence electrons. The molecule has 0 spiro atoms. The molecule has 0 saturated carbocycles. The van der Waals surface area contributed by atoms with Gasteiger partial charge in [0.1, 0.15) is 6.04 Å². The lowest BCUT2D eigenvalue weighted by Crippen LogP contribution is -2.35. The van der Waals surface area contributed by atoms with Crippen molar-refractivity contribution >= 4 is 5.97 Å². The van der Waals surface area contributed by atoms with Crippen LogP contribution in [-0.4, -0.2) is 42.7 Å². The summed E-state index contributed by atoms with van der Waals surface area (Å²) in [4.78, 5) is 26.2. The van der Waals surface area contributed by atoms with E-state index in [9.17, 15) is 22.8 Å². The second-order valence-electron chi connectivity index (χ2n) is 6.45. The maximum absolute atomic E-state index is 13.3. The number of rotatable bonds is 7. The molecule has 25 heavy (non-hydrogen) atoms. The van der Waals surface area contributed by atoms with Crippen molar-refractivity contribution in [1.29, 1.82) is 0 Å². The Morgan fingerprint density at radius 2 is 1.92 bits per heavy atom. The molecule has 1 unspecified atom stereocenters. The van der Waals surface area contributed by atoms with Gasteiger partial charge in [0.05, 0.1) is 12.2 Å². The topological polar surface area (TPSA) is 51.5 Å². The maximum atomic E-state index is 13.3. The number of aromatic nitrogens is 1. The number of carbonyl (C=O) groups is 1. The number of alkyl halides is 3. The van der Waals surface area contributed by atoms with Crippen LogP contribution in [0.2, 0.25) is 0 Å². The Morgan fingerprint density at radius 3 is 2.36 bits per heavy atom. The minimum absolute atomic E-state index is 0.0178. The molecule has 1 aromatic heterocycles. The molecule has 1 atom stereocenters. The van der Waals surface area contributed by atoms with Crippen LogP contribution >= 0.6 is 0 Å². The Labute approximate surface area is 145 Å². The van der Waals surface area contributed by atoms with E-state index in [2.05, 4.69) is 0 Å². The van der Waals surface area contributed by atoms with Gasteiger partial charge in [0, 0.05) is 18.8 Å². The third-order valence-corrected chi connectivity index (χ3v) is 3.76. The van der Waals surface area contributed by atoms with Crippen LogP contribution in [0.25, 0.3) is 0 Å². The number of ether oxygens (including phenoxy) is 1. The summed E-state index contributed by atoms with van der Waals surface area (Å²) < 4.78 is 45.9. The van der Waals surface area contributed by atoms with Gasteiger partial charge in [-0.3, -0.25) is 4.79 Å². The standard InChI is InChI=1S/C17H25F3N2O3/c1-6-25-16(24)15(11(2)3)22-10-12(7-8-21(4)5)13(9-14(22)23)17(18,19)20/h9-11,15H,6-8H2,1-5H3. The maximum Gasteiger partial charge on any atom is 0.416 e. The average molecular weight is 362 g/mol. The molecular formula is C17H25F3N2O3. The smallest absolute Gasteiger partial charge is 0.416 e. The second kappa shape index (κ2) is 8.51. The highest BCUT2D eigenvalue weighted by Crippen LogP contribution is 2.32. The van der Waals surface area contributed by atoms with Gasteiger partial charge in [0.25, 0.3) is 5.56 Å². The van der Waals surface area contributed by atoms with Gasteiger partial charge in [-0.1, -0.05) is 13.8 Å². The molecule has 0 aliphatic heterocycles. The number of hydrogen-bond donors (Lipinski definition) is 0. The molecule has 1 rings (SSSR count). The SMILES string of the molecule is CCOC(=O)C(C(C)C)n1cc(CCN(C)C)c(C(F)(F)F)cc1=O. The van der Waals surface area contributed by atoms with Crippen molar-refractivity contribution in [1.82, 2.24) is 9.47 Å². The summed E-state index contributed by atoms with van der Waals surface area (Å²) in [5, 5.41) is 0. The molecular weight excluding hydrogens is 337 g/mol. The first-order chi connectivity index (χ1) is 11.5. The lowest BCUT2D eigenvalue weighted by Gasteiger charge is -2.24. The predicted molar refractivity (Wildman–Crippen MR) is 88.5 cm³/mol. The summed E-state index contributed by atoms with van der Waals surface area (Å²) in [6.45, 7) is 5.57. The van der Waals surface area contributed by atoms with Crippen LogP contribution < -0.4 is 5.56 Å². The van der Waals surface area contributed by atoms with Gasteiger partial charge in [0.15, 0.2) is 0 Å². The van der Waals surface area contributed by atoms with E-state index in [1.807, 2.05) is 0 Å². The van der Waals surface area contributed by atoms with E-state index in [4.69, 9.17) is 4.74 Å². The number of halogens is 3. The fraction of sp³-hybridized carbons (Fsp3) is 0.647. The summed E-state index contributed by atoms with van der Waals surface area (Å²) in [6, 6.07) is -0.396. The van der Waals surface area contributed by atoms with Gasteiger partial charge in [-0.15, -0.1) is 0 Å². The largest absolute Gasteiger partial charge is 0.464 e. The van der Waals surface area contributed by atoms with Gasteiger partial charge in [0.2, 0.25) is 0 Å². The molecule has 0 N–H and O–H groups in total. The number of nitrogens with zero attached hydrogens (tertiary/aromatic N) is 2. The number of carbonyl (C=O) groups excluding carboxylic acids is 1. The molecule has 0 amide bonds. The quantitative estimate of drug-likeness (QED) is 0.700. The van der Waals surface area contributed by atoms with Crippen LogP contribution in [-0.2, 0) is 22.1 Å². The molecule has 1 aromatic rings. The lowest BCUT2D eigenvalue weighted by molar-refractivity contribution is -0.148. The van der Waals surface area contributed by atoms with E-state index >= 15 is 0 Å². The van der Waals surface area contributed by atoms with Crippen molar-refractivity contribution in [3.8, 4) is 0 Å². The van der Waals surface area contributed by atoms with Crippen LogP contribution in [0.5, 0.6) is 0 Å². The summed E-state index contributed by atoms with van der Waals surface area (Å²) in [5.41, 5.74) is -1.84. The van der Waals surface area contributed by atoms with Crippen LogP contribution in [0.15, 0.2) is 17.1 Å². The normalized spacial score (nSPS) is 13.4. The number of pyridine rings is 1. The number of esters is 1. The minimum Gasteiger partial charge on any atom is -0.464 e. The Balaban J connectivity index is 3.47. The van der Waals surface area contributed by atoms with Crippen molar-refractivity contribution in [3.05, 3.63) is 33.7 Å². The highest BCUT2D eigenvalue weighted by Gasteiger charge is 2.35. The van der Waals surface area contributed by atoms with Crippen LogP contribution in [0, 0.1) is 5.92 Å². The summed E-state index contributed by atoms with van der Waals surface area (Å²) in [7, 11) is 3.50. The zero-order valence-electron chi connectivity index (χ0n) is 15.2. The van der Waals surface area contributed by atoms with Crippen LogP contribution in [0.4, 0.5) is 13.2 Å². The third kappa shape index (κ3) is 5.59. The van der Waals surface area contributed by atoms with Gasteiger partial charge in [-0.2, -0.15) is 13.2 Å². The summed E-state index contributed by atoms with van der Waals surface area (Å²) in [6.07, 6.45) is -3.37. The fourth-order valence-corrected chi connectivity index (χ4v) is 2.55. The Hall–Kier alpha value is -1.83. The molecule has 0 bridgehead atoms. The first-order valence-electron chi connectivity index (χ1n) is 8.12. The zero-order valence-corrected chi connectivity index (χ0v) is 15.2. The van der Waals surface area contributed by atoms with Gasteiger partial charge >= 0.3 is 12.1 Å². The van der Waals surface area contributed by atoms with E-state index in [1.54, 1.807) is 39.8 Å². The first kappa shape index (κ1) is 21.2. The Bertz CT molecular complexity index is 652. The van der Waals surface area contributed by atoms with E-state index < -0.39 is 29.3 Å². The van der Waals surface area contributed by atoms with Crippen LogP contribution in [0.1, 0.15) is 37.9 Å². The van der Waals surface area contributed by atoms with E-state index in [0.29, 0.717) is 12.6 Å². The van der Waals surface area contributed by atoms with Crippen molar-refractivity contribution < 1.29 is 22.7 Å². The molecule has 1 heterocycles. The minimum atomic E-state index is -4.63. The van der Waals surface area contributed by atoms with Crippen molar-refractivity contribution in [2.45, 2.75) is 39.4 Å². The molecule has 0 aliphatic rings. The Kier molecular flexibility index (Phi) is 7.22. The number of hydrogen-bond acceptors (Lipinski definition) is 4. The highest BCUT2D eigenvalue weighted by atomic mass is 19.4. The van der Waals surface area contributed by atoms with E-state index in [1.165, 1.54) is 0 Å². The summed E-state index contributed by atoms with van der Waals surface area (Å²) >= 11 is 0. The predicted octanol–water partition coefficient (Wildman–Crippen LogP) is 2.73. The van der Waals surface area contributed by atoms with E-state index in [-0.39, 0.29) is 24.5 Å². The molecule has 0 saturated heterocycles. The summed E-state index contributed by atoms with van der Waals surface area (Å²) in [5.74, 6) is -0.937. The lowest BCUT2D eigenvalue weighted by atomic mass is 10.0. The van der Waals surface area contributed by atoms with Crippen molar-refractivity contribution in [2.24, 2.45) is 5.92 Å². The zero-order chi connectivity index (χ0) is 19.4. The van der Waals surface area contributed by atoms with Gasteiger partial charge in [-0.05, 0) is 38.9 Å². The van der Waals surface area contributed by atoms with Crippen molar-refractivity contribution in [2.75, 3.05) is 27.2 Å². The fourth-order valence-electron chi connectivity index (χ4n) is 2.55. The first-order valence-corrected chi connectivity index (χ1v) is 8.12. The van der Waals surface area contributed by atoms with Gasteiger partial charge < -0.3 is 14.2 Å². The monoisotopic (exact) mass is 362 g/mol. The van der Waals surface area contributed by atoms with Crippen molar-refractivity contribution in [3.63, 3.8) is 0 Å². The molecule has 0 radical (unpaired) electrons. The van der Waals surface area contributed by atoms with E-state index in [0.717, 1.165) is 10.8 Å². The molecule has 0 aromatic carbocycles. The average Bonchev–Trinajstić information content (AvgIpc) is 2.46. The molecule has 5 nitrogen and oxygen atoms in total. The second-order valence-corrected chi connectivity index (χ2v) is 6.45. The van der Waals surface area contributed by atoms with Crippen LogP contribution in [0.3, 0.4) is 0 Å². The molecule has 8 heteroatoms. The Morgan fingerprint density at radius 1 is 1.32 bits per heavy atom. The third-order valence-electron chi connectivity index (χ3n) is 3.76.